The molecule has 0 saturated carbocycles. The standard InChI is InChI=1S/C16H21N3O8/c1-7-5-19(16(23)18-14(7)17)15-13(26-10(4)22)12(25-9(3)21)11(27-15)6-24-8(2)20/h5,11-13,15H,6H2,1-4H3,(H2,17,18,23)/t11-,12+,13-,15?/m1/s1/i2D,3D,4D. The summed E-state index contributed by atoms with van der Waals surface area (Å²) in [6.07, 6.45) is -3.98. The van der Waals surface area contributed by atoms with Gasteiger partial charge in [-0.15, -0.1) is 0 Å². The Labute approximate surface area is 158 Å². The summed E-state index contributed by atoms with van der Waals surface area (Å²) in [6.45, 7) is -1.07. The molecule has 1 aromatic rings. The highest BCUT2D eigenvalue weighted by Gasteiger charge is 2.51. The molecule has 1 aliphatic rings. The minimum absolute atomic E-state index is 0.0212. The van der Waals surface area contributed by atoms with Gasteiger partial charge in [0.15, 0.2) is 18.4 Å². The van der Waals surface area contributed by atoms with Crippen LogP contribution in [0.1, 0.15) is 36.6 Å². The van der Waals surface area contributed by atoms with Crippen LogP contribution in [0.4, 0.5) is 5.82 Å². The van der Waals surface area contributed by atoms with Crippen LogP contribution >= 0.6 is 0 Å². The number of esters is 3. The maximum atomic E-state index is 12.4. The summed E-state index contributed by atoms with van der Waals surface area (Å²) in [7, 11) is 0. The van der Waals surface area contributed by atoms with E-state index in [0.717, 1.165) is 4.57 Å². The van der Waals surface area contributed by atoms with Crippen LogP contribution in [-0.2, 0) is 33.3 Å². The largest absolute Gasteiger partial charge is 0.463 e. The number of nitrogens with zero attached hydrogens (tertiary/aromatic N) is 2. The molecule has 2 heterocycles. The van der Waals surface area contributed by atoms with E-state index in [9.17, 15) is 19.2 Å². The quantitative estimate of drug-likeness (QED) is 0.516. The predicted octanol–water partition coefficient (Wildman–Crippen LogP) is -0.542. The average molecular weight is 386 g/mol. The fourth-order valence-corrected chi connectivity index (χ4v) is 2.57. The second kappa shape index (κ2) is 8.16. The minimum Gasteiger partial charge on any atom is -0.463 e. The van der Waals surface area contributed by atoms with Crippen molar-refractivity contribution in [2.75, 3.05) is 12.3 Å². The number of carbonyl (C=O) groups excluding carboxylic acids is 3. The van der Waals surface area contributed by atoms with Gasteiger partial charge >= 0.3 is 23.6 Å². The molecule has 1 fully saturated rings. The third kappa shape index (κ3) is 4.82. The highest BCUT2D eigenvalue weighted by atomic mass is 16.7. The Morgan fingerprint density at radius 1 is 1.22 bits per heavy atom. The second-order valence-corrected chi connectivity index (χ2v) is 5.66. The van der Waals surface area contributed by atoms with E-state index in [1.54, 1.807) is 6.92 Å². The van der Waals surface area contributed by atoms with Crippen molar-refractivity contribution >= 4 is 23.7 Å². The summed E-state index contributed by atoms with van der Waals surface area (Å²) in [4.78, 5) is 50.9. The van der Waals surface area contributed by atoms with Gasteiger partial charge in [0.05, 0.1) is 0 Å². The Morgan fingerprint density at radius 3 is 2.48 bits per heavy atom. The van der Waals surface area contributed by atoms with E-state index in [1.807, 2.05) is 0 Å². The van der Waals surface area contributed by atoms with Crippen molar-refractivity contribution in [1.29, 1.82) is 0 Å². The lowest BCUT2D eigenvalue weighted by atomic mass is 10.1. The van der Waals surface area contributed by atoms with Crippen molar-refractivity contribution < 1.29 is 37.4 Å². The van der Waals surface area contributed by atoms with Crippen LogP contribution in [0.5, 0.6) is 0 Å². The second-order valence-electron chi connectivity index (χ2n) is 5.66. The van der Waals surface area contributed by atoms with Gasteiger partial charge in [0.1, 0.15) is 18.5 Å². The molecule has 4 atom stereocenters. The van der Waals surface area contributed by atoms with Crippen LogP contribution in [0.3, 0.4) is 0 Å². The minimum atomic E-state index is -1.40. The molecule has 148 valence electrons. The molecule has 2 N–H and O–H groups in total. The van der Waals surface area contributed by atoms with Crippen molar-refractivity contribution in [3.05, 3.63) is 22.2 Å². The first-order chi connectivity index (χ1) is 14.2. The van der Waals surface area contributed by atoms with Gasteiger partial charge in [-0.1, -0.05) is 0 Å². The number of nitrogen functional groups attached to an aromatic ring is 1. The van der Waals surface area contributed by atoms with Crippen molar-refractivity contribution in [2.45, 2.75) is 52.2 Å². The monoisotopic (exact) mass is 386 g/mol. The first kappa shape index (κ1) is 16.2. The van der Waals surface area contributed by atoms with Gasteiger partial charge in [0.25, 0.3) is 0 Å². The lowest BCUT2D eigenvalue weighted by Crippen LogP contribution is -2.42. The SMILES string of the molecule is [2H]CC(=O)OC[C@H]1OC(n2cc(C)c(N)nc2=O)[C@H](OC(=O)C[2H])[C@H]1OC(=O)C[2H]. The summed E-state index contributed by atoms with van der Waals surface area (Å²) in [5, 5.41) is 0. The lowest BCUT2D eigenvalue weighted by Gasteiger charge is -2.24. The van der Waals surface area contributed by atoms with Gasteiger partial charge in [0, 0.05) is 36.6 Å². The molecular formula is C16H21N3O8. The molecule has 1 aliphatic heterocycles. The Hall–Kier alpha value is -2.95. The third-order valence-electron chi connectivity index (χ3n) is 3.68. The molecule has 1 unspecified atom stereocenters. The van der Waals surface area contributed by atoms with E-state index in [2.05, 4.69) is 4.98 Å². The maximum absolute atomic E-state index is 12.4. The van der Waals surface area contributed by atoms with Crippen LogP contribution < -0.4 is 11.4 Å². The zero-order chi connectivity index (χ0) is 22.4. The Kier molecular flexibility index (Phi) is 4.91. The highest BCUT2D eigenvalue weighted by Crippen LogP contribution is 2.33. The Balaban J connectivity index is 2.45. The molecule has 1 saturated heterocycles. The highest BCUT2D eigenvalue weighted by molar-refractivity contribution is 5.68. The van der Waals surface area contributed by atoms with E-state index in [1.165, 1.54) is 6.20 Å². The molecule has 0 bridgehead atoms. The molecule has 11 heteroatoms. The summed E-state index contributed by atoms with van der Waals surface area (Å²) < 4.78 is 43.2. The molecule has 0 amide bonds. The molecule has 0 aliphatic carbocycles. The average Bonchev–Trinajstić information content (AvgIpc) is 3.05. The first-order valence-corrected chi connectivity index (χ1v) is 7.64. The van der Waals surface area contributed by atoms with Gasteiger partial charge < -0.3 is 24.7 Å². The molecule has 0 radical (unpaired) electrons. The number of ether oxygens (including phenoxy) is 4. The van der Waals surface area contributed by atoms with Crippen molar-refractivity contribution in [1.82, 2.24) is 9.55 Å². The van der Waals surface area contributed by atoms with E-state index in [0.29, 0.717) is 5.56 Å². The Morgan fingerprint density at radius 2 is 1.85 bits per heavy atom. The summed E-state index contributed by atoms with van der Waals surface area (Å²) in [6, 6.07) is 0. The lowest BCUT2D eigenvalue weighted by molar-refractivity contribution is -0.166. The number of aromatic nitrogens is 2. The van der Waals surface area contributed by atoms with Crippen molar-refractivity contribution in [3.8, 4) is 0 Å². The molecule has 0 spiro atoms. The van der Waals surface area contributed by atoms with Crippen LogP contribution in [-0.4, -0.2) is 52.4 Å². The molecule has 1 aromatic heterocycles. The first-order valence-electron chi connectivity index (χ1n) is 9.77. The van der Waals surface area contributed by atoms with E-state index in [4.69, 9.17) is 28.8 Å². The fourth-order valence-electron chi connectivity index (χ4n) is 2.57. The Bertz CT molecular complexity index is 865. The van der Waals surface area contributed by atoms with Crippen LogP contribution in [0.2, 0.25) is 0 Å². The van der Waals surface area contributed by atoms with Gasteiger partial charge in [-0.2, -0.15) is 4.98 Å². The maximum Gasteiger partial charge on any atom is 0.351 e. The van der Waals surface area contributed by atoms with Gasteiger partial charge in [-0.25, -0.2) is 4.79 Å². The molecule has 0 aromatic carbocycles. The van der Waals surface area contributed by atoms with Crippen LogP contribution in [0.25, 0.3) is 0 Å². The topological polar surface area (TPSA) is 149 Å². The normalized spacial score (nSPS) is 25.7. The van der Waals surface area contributed by atoms with E-state index in [-0.39, 0.29) is 5.82 Å². The van der Waals surface area contributed by atoms with Crippen molar-refractivity contribution in [3.63, 3.8) is 0 Å². The molecule has 11 nitrogen and oxygen atoms in total. The van der Waals surface area contributed by atoms with Crippen LogP contribution in [0, 0.1) is 6.92 Å². The number of anilines is 1. The number of nitrogens with two attached hydrogens (primary N) is 1. The zero-order valence-electron chi connectivity index (χ0n) is 17.5. The van der Waals surface area contributed by atoms with Crippen LogP contribution in [0.15, 0.2) is 11.0 Å². The number of carbonyl (C=O) groups is 3. The number of rotatable bonds is 5. The molecule has 2 rings (SSSR count). The van der Waals surface area contributed by atoms with Crippen molar-refractivity contribution in [2.24, 2.45) is 0 Å². The summed E-state index contributed by atoms with van der Waals surface area (Å²) in [5.41, 5.74) is 5.19. The summed E-state index contributed by atoms with van der Waals surface area (Å²) >= 11 is 0. The van der Waals surface area contributed by atoms with Gasteiger partial charge in [-0.05, 0) is 6.92 Å². The number of hydrogen-bond donors (Lipinski definition) is 1. The van der Waals surface area contributed by atoms with Gasteiger partial charge in [-0.3, -0.25) is 19.0 Å². The number of aryl methyl sites for hydroxylation is 1. The summed E-state index contributed by atoms with van der Waals surface area (Å²) in [5.74, 6) is -2.87. The fraction of sp³-hybridized carbons (Fsp3) is 0.562. The van der Waals surface area contributed by atoms with Gasteiger partial charge in [0.2, 0.25) is 0 Å². The third-order valence-corrected chi connectivity index (χ3v) is 3.68. The van der Waals surface area contributed by atoms with E-state index >= 15 is 0 Å². The predicted molar refractivity (Wildman–Crippen MR) is 89.3 cm³/mol. The molecule has 27 heavy (non-hydrogen) atoms. The smallest absolute Gasteiger partial charge is 0.351 e. The van der Waals surface area contributed by atoms with E-state index < -0.39 is 75.4 Å². The molecular weight excluding hydrogens is 362 g/mol. The zero-order valence-corrected chi connectivity index (χ0v) is 14.5. The number of hydrogen-bond acceptors (Lipinski definition) is 10.